The molecule has 1 atom stereocenters. The third-order valence-corrected chi connectivity index (χ3v) is 6.12. The fourth-order valence-electron chi connectivity index (χ4n) is 2.76. The minimum Gasteiger partial charge on any atom is -0.508 e. The van der Waals surface area contributed by atoms with Crippen LogP contribution < -0.4 is 0 Å². The molecule has 0 spiro atoms. The number of aliphatic hydroxyl groups excluding tert-OH is 1. The molecule has 0 bridgehead atoms. The second kappa shape index (κ2) is 9.25. The Labute approximate surface area is 176 Å². The van der Waals surface area contributed by atoms with Gasteiger partial charge in [-0.3, -0.25) is 19.3 Å². The molecule has 1 aliphatic heterocycles. The number of thioether (sulfide) groups is 1. The number of thiophene rings is 1. The monoisotopic (exact) mass is 432 g/mol. The molecular formula is C20H20N2O5S2. The van der Waals surface area contributed by atoms with Crippen molar-refractivity contribution in [3.63, 3.8) is 0 Å². The van der Waals surface area contributed by atoms with E-state index in [0.717, 1.165) is 21.5 Å². The van der Waals surface area contributed by atoms with Gasteiger partial charge in [-0.25, -0.2) is 0 Å². The van der Waals surface area contributed by atoms with Crippen molar-refractivity contribution in [3.8, 4) is 5.75 Å². The van der Waals surface area contributed by atoms with Gasteiger partial charge in [0.15, 0.2) is 0 Å². The Morgan fingerprint density at radius 1 is 1.24 bits per heavy atom. The molecule has 0 saturated carbocycles. The molecule has 2 aromatic rings. The minimum absolute atomic E-state index is 0.00900. The number of likely N-dealkylation sites (N-methyl/N-ethyl adjacent to an activating group) is 1. The highest BCUT2D eigenvalue weighted by Crippen LogP contribution is 2.33. The van der Waals surface area contributed by atoms with Gasteiger partial charge in [-0.15, -0.1) is 11.3 Å². The summed E-state index contributed by atoms with van der Waals surface area (Å²) in [4.78, 5) is 40.6. The molecule has 1 saturated heterocycles. The third kappa shape index (κ3) is 5.26. The van der Waals surface area contributed by atoms with E-state index in [-0.39, 0.29) is 31.2 Å². The number of amides is 3. The molecule has 3 amide bonds. The second-order valence-electron chi connectivity index (χ2n) is 6.48. The minimum atomic E-state index is -0.907. The van der Waals surface area contributed by atoms with Crippen LogP contribution in [0, 0.1) is 0 Å². The van der Waals surface area contributed by atoms with Crippen molar-refractivity contribution in [2.24, 2.45) is 0 Å². The molecule has 2 N–H and O–H groups in total. The number of nitrogens with zero attached hydrogens (tertiary/aromatic N) is 2. The van der Waals surface area contributed by atoms with Gasteiger partial charge in [-0.05, 0) is 47.0 Å². The Balaban J connectivity index is 1.53. The molecule has 3 rings (SSSR count). The van der Waals surface area contributed by atoms with Gasteiger partial charge in [0.05, 0.1) is 17.6 Å². The summed E-state index contributed by atoms with van der Waals surface area (Å²) in [7, 11) is 1.55. The summed E-state index contributed by atoms with van der Waals surface area (Å²) in [5.74, 6) is -0.590. The molecule has 7 nitrogen and oxygen atoms in total. The molecule has 1 aliphatic rings. The quantitative estimate of drug-likeness (QED) is 0.653. The summed E-state index contributed by atoms with van der Waals surface area (Å²) >= 11 is 2.34. The average Bonchev–Trinajstić information content (AvgIpc) is 3.29. The van der Waals surface area contributed by atoms with E-state index < -0.39 is 17.3 Å². The van der Waals surface area contributed by atoms with Gasteiger partial charge in [0, 0.05) is 24.9 Å². The molecule has 0 radical (unpaired) electrons. The van der Waals surface area contributed by atoms with Gasteiger partial charge in [0.1, 0.15) is 5.75 Å². The first-order chi connectivity index (χ1) is 13.8. The maximum absolute atomic E-state index is 12.5. The van der Waals surface area contributed by atoms with Gasteiger partial charge >= 0.3 is 0 Å². The maximum Gasteiger partial charge on any atom is 0.293 e. The lowest BCUT2D eigenvalue weighted by Crippen LogP contribution is -2.36. The number of imide groups is 1. The Hall–Kier alpha value is -2.62. The van der Waals surface area contributed by atoms with Crippen molar-refractivity contribution in [1.82, 2.24) is 9.80 Å². The van der Waals surface area contributed by atoms with E-state index in [0.29, 0.717) is 10.5 Å². The summed E-state index contributed by atoms with van der Waals surface area (Å²) in [5, 5.41) is 21.0. The number of aliphatic hydroxyl groups is 1. The molecule has 1 aromatic carbocycles. The Bertz CT molecular complexity index is 925. The lowest BCUT2D eigenvalue weighted by Gasteiger charge is -2.22. The second-order valence-corrected chi connectivity index (χ2v) is 8.45. The first-order valence-corrected chi connectivity index (χ1v) is 10.5. The number of carbonyl (C=O) groups is 3. The van der Waals surface area contributed by atoms with Gasteiger partial charge in [-0.1, -0.05) is 18.2 Å². The van der Waals surface area contributed by atoms with E-state index in [1.54, 1.807) is 25.3 Å². The zero-order chi connectivity index (χ0) is 21.0. The first-order valence-electron chi connectivity index (χ1n) is 8.85. The standard InChI is InChI=1S/C20H20N2O5S2/c1-21(12-16(24)13-4-6-14(23)7-5-13)18(25)8-9-22-19(26)17(29-20(22)27)11-15-3-2-10-28-15/h2-7,10-11,16,23-24H,8-9,12H2,1H3/b17-11-. The van der Waals surface area contributed by atoms with Crippen LogP contribution in [0.4, 0.5) is 4.79 Å². The Morgan fingerprint density at radius 3 is 2.62 bits per heavy atom. The van der Waals surface area contributed by atoms with E-state index >= 15 is 0 Å². The van der Waals surface area contributed by atoms with Gasteiger partial charge < -0.3 is 15.1 Å². The normalized spacial score (nSPS) is 16.5. The predicted octanol–water partition coefficient (Wildman–Crippen LogP) is 3.07. The van der Waals surface area contributed by atoms with Gasteiger partial charge in [0.25, 0.3) is 11.1 Å². The van der Waals surface area contributed by atoms with E-state index in [4.69, 9.17) is 0 Å². The zero-order valence-electron chi connectivity index (χ0n) is 15.6. The average molecular weight is 433 g/mol. The summed E-state index contributed by atoms with van der Waals surface area (Å²) in [6.45, 7) is 0.0503. The summed E-state index contributed by atoms with van der Waals surface area (Å²) in [5.41, 5.74) is 0.576. The van der Waals surface area contributed by atoms with E-state index in [1.807, 2.05) is 17.5 Å². The van der Waals surface area contributed by atoms with Crippen LogP contribution in [0.1, 0.15) is 23.0 Å². The molecule has 1 aromatic heterocycles. The van der Waals surface area contributed by atoms with Gasteiger partial charge in [-0.2, -0.15) is 0 Å². The van der Waals surface area contributed by atoms with Crippen LogP contribution in [0.3, 0.4) is 0 Å². The highest BCUT2D eigenvalue weighted by Gasteiger charge is 2.35. The summed E-state index contributed by atoms with van der Waals surface area (Å²) in [6.07, 6.45) is 0.746. The van der Waals surface area contributed by atoms with E-state index in [1.165, 1.54) is 28.4 Å². The number of hydrogen-bond acceptors (Lipinski definition) is 7. The van der Waals surface area contributed by atoms with Crippen LogP contribution in [-0.4, -0.2) is 57.2 Å². The number of benzene rings is 1. The van der Waals surface area contributed by atoms with Crippen molar-refractivity contribution in [2.75, 3.05) is 20.1 Å². The third-order valence-electron chi connectivity index (χ3n) is 4.39. The number of phenols is 1. The van der Waals surface area contributed by atoms with Crippen LogP contribution in [0.5, 0.6) is 5.75 Å². The van der Waals surface area contributed by atoms with Crippen molar-refractivity contribution in [1.29, 1.82) is 0 Å². The summed E-state index contributed by atoms with van der Waals surface area (Å²) in [6, 6.07) is 9.81. The molecule has 29 heavy (non-hydrogen) atoms. The predicted molar refractivity (Wildman–Crippen MR) is 112 cm³/mol. The molecular weight excluding hydrogens is 412 g/mol. The topological polar surface area (TPSA) is 98.2 Å². The zero-order valence-corrected chi connectivity index (χ0v) is 17.3. The maximum atomic E-state index is 12.5. The Morgan fingerprint density at radius 2 is 1.97 bits per heavy atom. The first kappa shape index (κ1) is 21.1. The lowest BCUT2D eigenvalue weighted by atomic mass is 10.1. The van der Waals surface area contributed by atoms with Crippen molar-refractivity contribution in [3.05, 3.63) is 57.1 Å². The largest absolute Gasteiger partial charge is 0.508 e. The van der Waals surface area contributed by atoms with Gasteiger partial charge in [0.2, 0.25) is 5.91 Å². The van der Waals surface area contributed by atoms with Crippen LogP contribution in [0.2, 0.25) is 0 Å². The molecule has 2 heterocycles. The lowest BCUT2D eigenvalue weighted by molar-refractivity contribution is -0.131. The molecule has 152 valence electrons. The van der Waals surface area contributed by atoms with Crippen LogP contribution >= 0.6 is 23.1 Å². The van der Waals surface area contributed by atoms with Crippen molar-refractivity contribution >= 4 is 46.2 Å². The van der Waals surface area contributed by atoms with Crippen LogP contribution in [0.25, 0.3) is 6.08 Å². The number of rotatable bonds is 7. The fourth-order valence-corrected chi connectivity index (χ4v) is 4.34. The smallest absolute Gasteiger partial charge is 0.293 e. The number of aromatic hydroxyl groups is 1. The number of hydrogen-bond donors (Lipinski definition) is 2. The molecule has 1 unspecified atom stereocenters. The Kier molecular flexibility index (Phi) is 6.73. The number of carbonyl (C=O) groups excluding carboxylic acids is 3. The van der Waals surface area contributed by atoms with Crippen LogP contribution in [-0.2, 0) is 9.59 Å². The molecule has 0 aliphatic carbocycles. The number of phenolic OH excluding ortho intramolecular Hbond substituents is 1. The fraction of sp³-hybridized carbons (Fsp3) is 0.250. The van der Waals surface area contributed by atoms with Crippen molar-refractivity contribution < 1.29 is 24.6 Å². The highest BCUT2D eigenvalue weighted by atomic mass is 32.2. The van der Waals surface area contributed by atoms with Crippen LogP contribution in [0.15, 0.2) is 46.7 Å². The highest BCUT2D eigenvalue weighted by molar-refractivity contribution is 8.18. The van der Waals surface area contributed by atoms with Crippen molar-refractivity contribution in [2.45, 2.75) is 12.5 Å². The van der Waals surface area contributed by atoms with E-state index in [2.05, 4.69) is 0 Å². The molecule has 9 heteroatoms. The molecule has 1 fully saturated rings. The summed E-state index contributed by atoms with van der Waals surface area (Å²) < 4.78 is 0. The van der Waals surface area contributed by atoms with E-state index in [9.17, 15) is 24.6 Å². The SMILES string of the molecule is CN(CC(O)c1ccc(O)cc1)C(=O)CCN1C(=O)S/C(=C\c2cccs2)C1=O.